The van der Waals surface area contributed by atoms with Crippen LogP contribution in [0.2, 0.25) is 0 Å². The molecule has 1 unspecified atom stereocenters. The van der Waals surface area contributed by atoms with Crippen molar-refractivity contribution in [1.29, 1.82) is 0 Å². The average Bonchev–Trinajstić information content (AvgIpc) is 2.82. The third-order valence-corrected chi connectivity index (χ3v) is 2.77. The molecule has 0 saturated heterocycles. The molecule has 2 N–H and O–H groups in total. The molecular weight excluding hydrogens is 254 g/mol. The summed E-state index contributed by atoms with van der Waals surface area (Å²) >= 11 is 0. The van der Waals surface area contributed by atoms with Gasteiger partial charge in [-0.3, -0.25) is 10.1 Å². The van der Waals surface area contributed by atoms with Gasteiger partial charge in [-0.2, -0.15) is 0 Å². The number of amides is 1. The molecule has 0 aliphatic carbocycles. The second-order valence-electron chi connectivity index (χ2n) is 4.98. The molecule has 1 amide bonds. The van der Waals surface area contributed by atoms with Crippen LogP contribution in [0.5, 0.6) is 0 Å². The molecule has 1 heterocycles. The highest BCUT2D eigenvalue weighted by Crippen LogP contribution is 2.16. The highest BCUT2D eigenvalue weighted by molar-refractivity contribution is 5.94. The number of nitrogens with one attached hydrogen (secondary N) is 2. The summed E-state index contributed by atoms with van der Waals surface area (Å²) in [5.74, 6) is 0.936. The van der Waals surface area contributed by atoms with Crippen LogP contribution in [0.3, 0.4) is 0 Å². The van der Waals surface area contributed by atoms with E-state index in [1.165, 1.54) is 0 Å². The van der Waals surface area contributed by atoms with Crippen LogP contribution in [0.25, 0.3) is 0 Å². The summed E-state index contributed by atoms with van der Waals surface area (Å²) in [6.07, 6.45) is 0. The molecule has 0 bridgehead atoms. The Bertz CT molecular complexity index is 564. The molecule has 0 spiro atoms. The van der Waals surface area contributed by atoms with E-state index < -0.39 is 6.04 Å². The topological polar surface area (TPSA) is 67.2 Å². The number of carbonyl (C=O) groups excluding carboxylic acids is 1. The van der Waals surface area contributed by atoms with Crippen molar-refractivity contribution >= 4 is 11.7 Å². The maximum absolute atomic E-state index is 12.4. The van der Waals surface area contributed by atoms with E-state index in [-0.39, 0.29) is 11.9 Å². The Morgan fingerprint density at radius 3 is 2.50 bits per heavy atom. The Morgan fingerprint density at radius 1 is 1.25 bits per heavy atom. The first-order valence-corrected chi connectivity index (χ1v) is 6.61. The molecule has 0 saturated carbocycles. The maximum Gasteiger partial charge on any atom is 0.247 e. The van der Waals surface area contributed by atoms with Crippen molar-refractivity contribution in [3.63, 3.8) is 0 Å². The van der Waals surface area contributed by atoms with Crippen LogP contribution in [-0.2, 0) is 4.79 Å². The van der Waals surface area contributed by atoms with Gasteiger partial charge in [0.25, 0.3) is 0 Å². The van der Waals surface area contributed by atoms with Gasteiger partial charge in [-0.15, -0.1) is 0 Å². The molecule has 2 aromatic rings. The van der Waals surface area contributed by atoms with E-state index >= 15 is 0 Å². The van der Waals surface area contributed by atoms with Gasteiger partial charge in [0.1, 0.15) is 11.8 Å². The lowest BCUT2D eigenvalue weighted by molar-refractivity contribution is -0.118. The third-order valence-electron chi connectivity index (χ3n) is 2.77. The zero-order chi connectivity index (χ0) is 14.5. The predicted molar refractivity (Wildman–Crippen MR) is 77.3 cm³/mol. The molecule has 1 atom stereocenters. The molecule has 1 aromatic heterocycles. The molecule has 0 radical (unpaired) electrons. The Labute approximate surface area is 118 Å². The molecule has 2 rings (SSSR count). The standard InChI is InChI=1S/C15H19N3O2/c1-10(2)16-14(12-7-5-4-6-8-12)15(19)17-13-9-11(3)20-18-13/h4-10,14,16H,1-3H3,(H,17,18,19). The van der Waals surface area contributed by atoms with E-state index in [0.29, 0.717) is 11.6 Å². The number of aryl methyl sites for hydroxylation is 1. The summed E-state index contributed by atoms with van der Waals surface area (Å²) in [4.78, 5) is 12.4. The van der Waals surface area contributed by atoms with E-state index in [1.54, 1.807) is 13.0 Å². The normalized spacial score (nSPS) is 12.4. The number of benzene rings is 1. The molecule has 0 aliphatic rings. The summed E-state index contributed by atoms with van der Waals surface area (Å²) in [6, 6.07) is 11.1. The summed E-state index contributed by atoms with van der Waals surface area (Å²) < 4.78 is 4.95. The molecule has 0 aliphatic heterocycles. The molecule has 5 heteroatoms. The highest BCUT2D eigenvalue weighted by atomic mass is 16.5. The van der Waals surface area contributed by atoms with Gasteiger partial charge in [-0.1, -0.05) is 35.5 Å². The van der Waals surface area contributed by atoms with Crippen LogP contribution >= 0.6 is 0 Å². The van der Waals surface area contributed by atoms with E-state index in [1.807, 2.05) is 44.2 Å². The van der Waals surface area contributed by atoms with Crippen molar-refractivity contribution < 1.29 is 9.32 Å². The molecule has 20 heavy (non-hydrogen) atoms. The van der Waals surface area contributed by atoms with Crippen molar-refractivity contribution in [2.24, 2.45) is 0 Å². The minimum Gasteiger partial charge on any atom is -0.360 e. The van der Waals surface area contributed by atoms with Gasteiger partial charge in [0, 0.05) is 12.1 Å². The van der Waals surface area contributed by atoms with Gasteiger partial charge >= 0.3 is 0 Å². The number of nitrogens with zero attached hydrogens (tertiary/aromatic N) is 1. The number of rotatable bonds is 5. The largest absolute Gasteiger partial charge is 0.360 e. The van der Waals surface area contributed by atoms with E-state index in [4.69, 9.17) is 4.52 Å². The number of hydrogen-bond donors (Lipinski definition) is 2. The zero-order valence-electron chi connectivity index (χ0n) is 11.9. The van der Waals surface area contributed by atoms with Crippen LogP contribution in [0.15, 0.2) is 40.9 Å². The van der Waals surface area contributed by atoms with Gasteiger partial charge in [0.15, 0.2) is 5.82 Å². The van der Waals surface area contributed by atoms with E-state index in [2.05, 4.69) is 15.8 Å². The fraction of sp³-hybridized carbons (Fsp3) is 0.333. The van der Waals surface area contributed by atoms with Crippen molar-refractivity contribution in [3.8, 4) is 0 Å². The number of aromatic nitrogens is 1. The van der Waals surface area contributed by atoms with Gasteiger partial charge in [0.2, 0.25) is 5.91 Å². The quantitative estimate of drug-likeness (QED) is 0.879. The number of carbonyl (C=O) groups is 1. The van der Waals surface area contributed by atoms with Crippen LogP contribution in [0.1, 0.15) is 31.2 Å². The molecule has 106 valence electrons. The second-order valence-corrected chi connectivity index (χ2v) is 4.98. The highest BCUT2D eigenvalue weighted by Gasteiger charge is 2.21. The number of anilines is 1. The summed E-state index contributed by atoms with van der Waals surface area (Å²) in [5.41, 5.74) is 0.916. The lowest BCUT2D eigenvalue weighted by atomic mass is 10.1. The smallest absolute Gasteiger partial charge is 0.247 e. The lowest BCUT2D eigenvalue weighted by Gasteiger charge is -2.20. The molecule has 0 fully saturated rings. The van der Waals surface area contributed by atoms with E-state index in [0.717, 1.165) is 5.56 Å². The van der Waals surface area contributed by atoms with Crippen molar-refractivity contribution in [1.82, 2.24) is 10.5 Å². The SMILES string of the molecule is Cc1cc(NC(=O)C(NC(C)C)c2ccccc2)no1. The van der Waals surface area contributed by atoms with Crippen LogP contribution < -0.4 is 10.6 Å². The summed E-state index contributed by atoms with van der Waals surface area (Å²) in [5, 5.41) is 9.79. The lowest BCUT2D eigenvalue weighted by Crippen LogP contribution is -2.37. The molecular formula is C15H19N3O2. The first kappa shape index (κ1) is 14.3. The van der Waals surface area contributed by atoms with Crippen molar-refractivity contribution in [2.45, 2.75) is 32.9 Å². The maximum atomic E-state index is 12.4. The summed E-state index contributed by atoms with van der Waals surface area (Å²) in [6.45, 7) is 5.79. The average molecular weight is 273 g/mol. The van der Waals surface area contributed by atoms with Gasteiger partial charge in [-0.05, 0) is 26.3 Å². The van der Waals surface area contributed by atoms with Crippen molar-refractivity contribution in [3.05, 3.63) is 47.7 Å². The molecule has 1 aromatic carbocycles. The number of hydrogen-bond acceptors (Lipinski definition) is 4. The first-order chi connectivity index (χ1) is 9.56. The third kappa shape index (κ3) is 3.68. The van der Waals surface area contributed by atoms with Crippen LogP contribution in [0, 0.1) is 6.92 Å². The fourth-order valence-electron chi connectivity index (χ4n) is 1.93. The predicted octanol–water partition coefficient (Wildman–Crippen LogP) is 2.66. The Hall–Kier alpha value is -2.14. The van der Waals surface area contributed by atoms with Crippen LogP contribution in [-0.4, -0.2) is 17.1 Å². The van der Waals surface area contributed by atoms with Crippen molar-refractivity contribution in [2.75, 3.05) is 5.32 Å². The van der Waals surface area contributed by atoms with Gasteiger partial charge < -0.3 is 9.84 Å². The zero-order valence-corrected chi connectivity index (χ0v) is 11.9. The van der Waals surface area contributed by atoms with Gasteiger partial charge in [0.05, 0.1) is 0 Å². The fourth-order valence-corrected chi connectivity index (χ4v) is 1.93. The Balaban J connectivity index is 2.16. The van der Waals surface area contributed by atoms with Crippen LogP contribution in [0.4, 0.5) is 5.82 Å². The van der Waals surface area contributed by atoms with Gasteiger partial charge in [-0.25, -0.2) is 0 Å². The summed E-state index contributed by atoms with van der Waals surface area (Å²) in [7, 11) is 0. The first-order valence-electron chi connectivity index (χ1n) is 6.61. The minimum atomic E-state index is -0.423. The van der Waals surface area contributed by atoms with E-state index in [9.17, 15) is 4.79 Å². The minimum absolute atomic E-state index is 0.154. The molecule has 5 nitrogen and oxygen atoms in total. The Kier molecular flexibility index (Phi) is 4.53. The second kappa shape index (κ2) is 6.34. The Morgan fingerprint density at radius 2 is 1.95 bits per heavy atom. The monoisotopic (exact) mass is 273 g/mol.